The molecule has 7 heteroatoms. The van der Waals surface area contributed by atoms with Crippen LogP contribution in [0.15, 0.2) is 18.2 Å². The molecular formula is C9H14N2O4S. The van der Waals surface area contributed by atoms with Gasteiger partial charge in [0.15, 0.2) is 0 Å². The van der Waals surface area contributed by atoms with E-state index in [2.05, 4.69) is 0 Å². The van der Waals surface area contributed by atoms with E-state index < -0.39 is 10.1 Å². The summed E-state index contributed by atoms with van der Waals surface area (Å²) in [5.74, 6) is 0.117. The van der Waals surface area contributed by atoms with Crippen LogP contribution in [-0.2, 0) is 10.1 Å². The molecule has 0 bridgehead atoms. The summed E-state index contributed by atoms with van der Waals surface area (Å²) in [6.45, 7) is 0.161. The molecule has 1 aromatic rings. The van der Waals surface area contributed by atoms with Crippen LogP contribution >= 0.6 is 0 Å². The molecule has 0 aromatic heterocycles. The summed E-state index contributed by atoms with van der Waals surface area (Å²) in [6, 6.07) is 4.80. The van der Waals surface area contributed by atoms with Gasteiger partial charge in [0, 0.05) is 5.69 Å². The predicted octanol–water partition coefficient (Wildman–Crippen LogP) is 0.508. The van der Waals surface area contributed by atoms with Crippen LogP contribution in [0.4, 0.5) is 11.4 Å². The van der Waals surface area contributed by atoms with Crippen molar-refractivity contribution < 1.29 is 17.7 Å². The van der Waals surface area contributed by atoms with E-state index in [4.69, 9.17) is 20.8 Å². The molecule has 0 aliphatic heterocycles. The Hall–Kier alpha value is -1.47. The molecule has 0 atom stereocenters. The number of nitrogen functional groups attached to an aromatic ring is 2. The van der Waals surface area contributed by atoms with Crippen LogP contribution in [0.3, 0.4) is 0 Å². The lowest BCUT2D eigenvalue weighted by Gasteiger charge is -2.08. The molecule has 5 N–H and O–H groups in total. The first-order valence-electron chi connectivity index (χ1n) is 4.61. The van der Waals surface area contributed by atoms with Gasteiger partial charge in [-0.05, 0) is 24.6 Å². The van der Waals surface area contributed by atoms with Crippen molar-refractivity contribution in [2.45, 2.75) is 6.42 Å². The highest BCUT2D eigenvalue weighted by atomic mass is 32.2. The van der Waals surface area contributed by atoms with Crippen molar-refractivity contribution in [2.75, 3.05) is 23.8 Å². The second kappa shape index (κ2) is 5.04. The van der Waals surface area contributed by atoms with E-state index in [0.29, 0.717) is 17.1 Å². The van der Waals surface area contributed by atoms with Gasteiger partial charge in [0.1, 0.15) is 5.75 Å². The summed E-state index contributed by atoms with van der Waals surface area (Å²) in [6.07, 6.45) is 0.197. The molecule has 0 heterocycles. The highest BCUT2D eigenvalue weighted by Crippen LogP contribution is 2.23. The first-order chi connectivity index (χ1) is 7.38. The summed E-state index contributed by atoms with van der Waals surface area (Å²) in [7, 11) is -3.93. The van der Waals surface area contributed by atoms with Gasteiger partial charge in [-0.3, -0.25) is 4.55 Å². The van der Waals surface area contributed by atoms with E-state index in [0.717, 1.165) is 0 Å². The molecule has 0 saturated heterocycles. The van der Waals surface area contributed by atoms with Gasteiger partial charge in [0.05, 0.1) is 18.0 Å². The van der Waals surface area contributed by atoms with Crippen molar-refractivity contribution >= 4 is 21.5 Å². The zero-order valence-electron chi connectivity index (χ0n) is 8.59. The minimum atomic E-state index is -3.93. The Labute approximate surface area is 93.9 Å². The Morgan fingerprint density at radius 2 is 2.00 bits per heavy atom. The van der Waals surface area contributed by atoms with Gasteiger partial charge in [0.25, 0.3) is 10.1 Å². The maximum Gasteiger partial charge on any atom is 0.264 e. The van der Waals surface area contributed by atoms with E-state index in [-0.39, 0.29) is 18.8 Å². The third kappa shape index (κ3) is 4.37. The number of benzene rings is 1. The van der Waals surface area contributed by atoms with Gasteiger partial charge < -0.3 is 16.2 Å². The highest BCUT2D eigenvalue weighted by Gasteiger charge is 2.05. The van der Waals surface area contributed by atoms with E-state index in [1.807, 2.05) is 0 Å². The van der Waals surface area contributed by atoms with E-state index >= 15 is 0 Å². The van der Waals surface area contributed by atoms with Crippen LogP contribution in [0.5, 0.6) is 5.75 Å². The number of hydrogen-bond donors (Lipinski definition) is 3. The lowest BCUT2D eigenvalue weighted by Crippen LogP contribution is -2.09. The van der Waals surface area contributed by atoms with Gasteiger partial charge in [-0.15, -0.1) is 0 Å². The number of nitrogens with two attached hydrogens (primary N) is 2. The first-order valence-corrected chi connectivity index (χ1v) is 6.22. The fourth-order valence-corrected chi connectivity index (χ4v) is 1.60. The first kappa shape index (κ1) is 12.6. The summed E-state index contributed by atoms with van der Waals surface area (Å²) >= 11 is 0. The van der Waals surface area contributed by atoms with Crippen molar-refractivity contribution in [1.82, 2.24) is 0 Å². The maximum absolute atomic E-state index is 10.4. The Morgan fingerprint density at radius 1 is 1.31 bits per heavy atom. The quantitative estimate of drug-likeness (QED) is 0.396. The van der Waals surface area contributed by atoms with Gasteiger partial charge in [0.2, 0.25) is 0 Å². The molecule has 0 amide bonds. The van der Waals surface area contributed by atoms with E-state index in [1.165, 1.54) is 0 Å². The van der Waals surface area contributed by atoms with Crippen LogP contribution in [0.1, 0.15) is 6.42 Å². The van der Waals surface area contributed by atoms with Crippen LogP contribution in [0.2, 0.25) is 0 Å². The van der Waals surface area contributed by atoms with Gasteiger partial charge in [-0.1, -0.05) is 0 Å². The number of hydrogen-bond acceptors (Lipinski definition) is 5. The zero-order chi connectivity index (χ0) is 12.2. The predicted molar refractivity (Wildman–Crippen MR) is 61.8 cm³/mol. The Balaban J connectivity index is 2.43. The van der Waals surface area contributed by atoms with Crippen molar-refractivity contribution in [2.24, 2.45) is 0 Å². The van der Waals surface area contributed by atoms with Gasteiger partial charge >= 0.3 is 0 Å². The molecule has 0 aliphatic rings. The Bertz CT molecular complexity index is 459. The van der Waals surface area contributed by atoms with Crippen molar-refractivity contribution in [3.05, 3.63) is 18.2 Å². The molecule has 6 nitrogen and oxygen atoms in total. The van der Waals surface area contributed by atoms with Crippen LogP contribution < -0.4 is 16.2 Å². The summed E-state index contributed by atoms with van der Waals surface area (Å²) < 4.78 is 34.5. The minimum Gasteiger partial charge on any atom is -0.491 e. The average molecular weight is 246 g/mol. The van der Waals surface area contributed by atoms with Gasteiger partial charge in [-0.25, -0.2) is 0 Å². The van der Waals surface area contributed by atoms with Crippen molar-refractivity contribution in [3.63, 3.8) is 0 Å². The van der Waals surface area contributed by atoms with Crippen LogP contribution in [0, 0.1) is 0 Å². The topological polar surface area (TPSA) is 116 Å². The maximum atomic E-state index is 10.4. The van der Waals surface area contributed by atoms with Crippen LogP contribution in [-0.4, -0.2) is 25.3 Å². The SMILES string of the molecule is Nc1ccc(OCCCS(=O)(=O)O)c(N)c1. The normalized spacial score (nSPS) is 11.3. The summed E-state index contributed by atoms with van der Waals surface area (Å²) in [5, 5.41) is 0. The highest BCUT2D eigenvalue weighted by molar-refractivity contribution is 7.85. The number of rotatable bonds is 5. The second-order valence-electron chi connectivity index (χ2n) is 3.29. The lowest BCUT2D eigenvalue weighted by molar-refractivity contribution is 0.318. The molecule has 0 aliphatic carbocycles. The second-order valence-corrected chi connectivity index (χ2v) is 4.86. The number of anilines is 2. The molecule has 0 spiro atoms. The Kier molecular flexibility index (Phi) is 3.97. The molecular weight excluding hydrogens is 232 g/mol. The van der Waals surface area contributed by atoms with E-state index in [9.17, 15) is 8.42 Å². The van der Waals surface area contributed by atoms with Crippen molar-refractivity contribution in [3.8, 4) is 5.75 Å². The average Bonchev–Trinajstić information content (AvgIpc) is 2.13. The monoisotopic (exact) mass is 246 g/mol. The van der Waals surface area contributed by atoms with E-state index in [1.54, 1.807) is 18.2 Å². The zero-order valence-corrected chi connectivity index (χ0v) is 9.40. The minimum absolute atomic E-state index is 0.161. The van der Waals surface area contributed by atoms with Gasteiger partial charge in [-0.2, -0.15) is 8.42 Å². The molecule has 90 valence electrons. The molecule has 1 aromatic carbocycles. The third-order valence-electron chi connectivity index (χ3n) is 1.84. The molecule has 0 radical (unpaired) electrons. The lowest BCUT2D eigenvalue weighted by atomic mass is 10.2. The third-order valence-corrected chi connectivity index (χ3v) is 2.64. The number of ether oxygens (including phenoxy) is 1. The molecule has 0 unspecified atom stereocenters. The standard InChI is InChI=1S/C9H14N2O4S/c10-7-2-3-9(8(11)6-7)15-4-1-5-16(12,13)14/h2-3,6H,1,4-5,10-11H2,(H,12,13,14). The Morgan fingerprint density at radius 3 is 2.56 bits per heavy atom. The fourth-order valence-electron chi connectivity index (χ4n) is 1.12. The molecule has 16 heavy (non-hydrogen) atoms. The molecule has 1 rings (SSSR count). The fraction of sp³-hybridized carbons (Fsp3) is 0.333. The summed E-state index contributed by atoms with van der Waals surface area (Å²) in [4.78, 5) is 0. The largest absolute Gasteiger partial charge is 0.491 e. The smallest absolute Gasteiger partial charge is 0.264 e. The molecule has 0 saturated carbocycles. The van der Waals surface area contributed by atoms with Crippen LogP contribution in [0.25, 0.3) is 0 Å². The summed E-state index contributed by atoms with van der Waals surface area (Å²) in [5.41, 5.74) is 12.0. The van der Waals surface area contributed by atoms with Crippen molar-refractivity contribution in [1.29, 1.82) is 0 Å². The molecule has 0 fully saturated rings.